The Bertz CT molecular complexity index is 1560. The summed E-state index contributed by atoms with van der Waals surface area (Å²) in [6.45, 7) is 1.67. The van der Waals surface area contributed by atoms with Crippen LogP contribution in [0.25, 0.3) is 27.7 Å². The Balaban J connectivity index is 2.07. The Morgan fingerprint density at radius 3 is 2.27 bits per heavy atom. The summed E-state index contributed by atoms with van der Waals surface area (Å²) in [5.41, 5.74) is 1.92. The summed E-state index contributed by atoms with van der Waals surface area (Å²) in [6.07, 6.45) is 1.53. The van der Waals surface area contributed by atoms with Crippen molar-refractivity contribution in [3.63, 3.8) is 0 Å². The van der Waals surface area contributed by atoms with E-state index in [1.807, 2.05) is 0 Å². The normalized spacial score (nSPS) is 11.5. The number of pyridine rings is 2. The largest absolute Gasteiger partial charge is 0.465 e. The molecule has 2 heterocycles. The van der Waals surface area contributed by atoms with Gasteiger partial charge >= 0.3 is 5.97 Å². The Morgan fingerprint density at radius 1 is 1.06 bits per heavy atom. The summed E-state index contributed by atoms with van der Waals surface area (Å²) in [5.74, 6) is -0.626. The van der Waals surface area contributed by atoms with Gasteiger partial charge in [0.1, 0.15) is 0 Å². The molecule has 0 fully saturated rings. The van der Waals surface area contributed by atoms with E-state index in [9.17, 15) is 18.0 Å². The van der Waals surface area contributed by atoms with Gasteiger partial charge in [-0.3, -0.25) is 14.3 Å². The Hall–Kier alpha value is -3.53. The van der Waals surface area contributed by atoms with Crippen LogP contribution in [0.1, 0.15) is 16.1 Å². The quantitative estimate of drug-likeness (QED) is 0.444. The first kappa shape index (κ1) is 22.7. The molecule has 0 radical (unpaired) electrons. The van der Waals surface area contributed by atoms with Crippen LogP contribution < -0.4 is 10.7 Å². The number of aryl methyl sites for hydroxylation is 1. The van der Waals surface area contributed by atoms with Crippen molar-refractivity contribution in [3.05, 3.63) is 87.4 Å². The Kier molecular flexibility index (Phi) is 5.79. The lowest BCUT2D eigenvalue weighted by atomic mass is 9.95. The third kappa shape index (κ3) is 4.13. The molecular formula is C23H18ClN3O5S. The van der Waals surface area contributed by atoms with Gasteiger partial charge in [0.05, 0.1) is 34.2 Å². The molecule has 0 aliphatic rings. The Morgan fingerprint density at radius 2 is 1.70 bits per heavy atom. The minimum atomic E-state index is -3.88. The molecule has 0 unspecified atom stereocenters. The van der Waals surface area contributed by atoms with Crippen LogP contribution >= 0.6 is 11.6 Å². The summed E-state index contributed by atoms with van der Waals surface area (Å²) in [5, 5.41) is 5.87. The molecule has 0 spiro atoms. The van der Waals surface area contributed by atoms with Crippen molar-refractivity contribution in [1.29, 1.82) is 0 Å². The highest BCUT2D eigenvalue weighted by Gasteiger charge is 2.23. The maximum atomic E-state index is 13.6. The number of carbonyl (C=O) groups excluding carboxylic acids is 1. The monoisotopic (exact) mass is 483 g/mol. The highest BCUT2D eigenvalue weighted by molar-refractivity contribution is 7.89. The Labute approximate surface area is 194 Å². The van der Waals surface area contributed by atoms with E-state index in [1.54, 1.807) is 37.3 Å². The van der Waals surface area contributed by atoms with Crippen LogP contribution in [0.2, 0.25) is 5.02 Å². The van der Waals surface area contributed by atoms with Crippen LogP contribution in [-0.4, -0.2) is 31.0 Å². The average Bonchev–Trinajstić information content (AvgIpc) is 2.78. The number of nitrogens with zero attached hydrogens (tertiary/aromatic N) is 2. The fraction of sp³-hybridized carbons (Fsp3) is 0.0870. The van der Waals surface area contributed by atoms with Gasteiger partial charge in [0.2, 0.25) is 10.0 Å². The lowest BCUT2D eigenvalue weighted by Gasteiger charge is -2.16. The number of rotatable bonds is 4. The van der Waals surface area contributed by atoms with Crippen molar-refractivity contribution >= 4 is 38.5 Å². The molecule has 4 rings (SSSR count). The molecule has 2 N–H and O–H groups in total. The fourth-order valence-electron chi connectivity index (χ4n) is 3.65. The average molecular weight is 484 g/mol. The maximum absolute atomic E-state index is 13.6. The molecule has 33 heavy (non-hydrogen) atoms. The van der Waals surface area contributed by atoms with E-state index in [2.05, 4.69) is 4.98 Å². The zero-order chi connectivity index (χ0) is 23.9. The molecule has 0 aliphatic carbocycles. The first-order valence-electron chi connectivity index (χ1n) is 9.65. The molecule has 168 valence electrons. The standard InChI is InChI=1S/C23H18ClN3O5S/c1-13-19(23(29)32-2)20(14-3-5-15(24)6-4-14)21-18(26-13)11-12-27(22(21)28)16-7-9-17(10-8-16)33(25,30)31/h3-12H,1-2H3,(H2,25,30,31). The van der Waals surface area contributed by atoms with Gasteiger partial charge in [0.25, 0.3) is 5.56 Å². The third-order valence-corrected chi connectivity index (χ3v) is 6.37. The van der Waals surface area contributed by atoms with Crippen molar-refractivity contribution in [1.82, 2.24) is 9.55 Å². The lowest BCUT2D eigenvalue weighted by molar-refractivity contribution is 0.0600. The first-order chi connectivity index (χ1) is 15.6. The van der Waals surface area contributed by atoms with Crippen molar-refractivity contribution in [2.24, 2.45) is 5.14 Å². The van der Waals surface area contributed by atoms with E-state index in [4.69, 9.17) is 21.5 Å². The predicted octanol–water partition coefficient (Wildman–Crippen LogP) is 3.45. The topological polar surface area (TPSA) is 121 Å². The van der Waals surface area contributed by atoms with Gasteiger partial charge < -0.3 is 4.74 Å². The number of fused-ring (bicyclic) bond motifs is 1. The number of aromatic nitrogens is 2. The molecule has 4 aromatic rings. The maximum Gasteiger partial charge on any atom is 0.340 e. The van der Waals surface area contributed by atoms with Crippen LogP contribution in [0.4, 0.5) is 0 Å². The number of benzene rings is 2. The van der Waals surface area contributed by atoms with Gasteiger partial charge in [0, 0.05) is 22.5 Å². The summed E-state index contributed by atoms with van der Waals surface area (Å²) in [6, 6.07) is 14.0. The van der Waals surface area contributed by atoms with Gasteiger partial charge in [-0.25, -0.2) is 18.4 Å². The summed E-state index contributed by atoms with van der Waals surface area (Å²) < 4.78 is 29.4. The third-order valence-electron chi connectivity index (χ3n) is 5.19. The second kappa shape index (κ2) is 8.43. The van der Waals surface area contributed by atoms with E-state index in [1.165, 1.54) is 42.1 Å². The smallest absolute Gasteiger partial charge is 0.340 e. The second-order valence-electron chi connectivity index (χ2n) is 7.24. The number of carbonyl (C=O) groups is 1. The number of ether oxygens (including phenoxy) is 1. The number of hydrogen-bond donors (Lipinski definition) is 1. The van der Waals surface area contributed by atoms with E-state index < -0.39 is 21.6 Å². The van der Waals surface area contributed by atoms with Crippen molar-refractivity contribution in [3.8, 4) is 16.8 Å². The molecule has 8 nitrogen and oxygen atoms in total. The zero-order valence-corrected chi connectivity index (χ0v) is 19.1. The first-order valence-corrected chi connectivity index (χ1v) is 11.6. The van der Waals surface area contributed by atoms with Gasteiger partial charge in [-0.1, -0.05) is 23.7 Å². The lowest BCUT2D eigenvalue weighted by Crippen LogP contribution is -2.21. The molecule has 0 bridgehead atoms. The van der Waals surface area contributed by atoms with E-state index in [0.29, 0.717) is 33.0 Å². The number of hydrogen-bond acceptors (Lipinski definition) is 6. The molecule has 0 saturated carbocycles. The highest BCUT2D eigenvalue weighted by atomic mass is 35.5. The second-order valence-corrected chi connectivity index (χ2v) is 9.23. The molecular weight excluding hydrogens is 466 g/mol. The number of sulfonamides is 1. The van der Waals surface area contributed by atoms with Crippen molar-refractivity contribution in [2.45, 2.75) is 11.8 Å². The molecule has 0 aliphatic heterocycles. The van der Waals surface area contributed by atoms with Gasteiger partial charge in [0.15, 0.2) is 0 Å². The number of nitrogens with two attached hydrogens (primary N) is 1. The van der Waals surface area contributed by atoms with Crippen molar-refractivity contribution in [2.75, 3.05) is 7.11 Å². The zero-order valence-electron chi connectivity index (χ0n) is 17.6. The number of primary sulfonamides is 1. The summed E-state index contributed by atoms with van der Waals surface area (Å²) in [4.78, 5) is 30.7. The van der Waals surface area contributed by atoms with Gasteiger partial charge in [-0.2, -0.15) is 0 Å². The van der Waals surface area contributed by atoms with E-state index >= 15 is 0 Å². The molecule has 0 saturated heterocycles. The van der Waals surface area contributed by atoms with Gasteiger partial charge in [-0.05, 0) is 55.0 Å². The SMILES string of the molecule is COC(=O)c1c(C)nc2ccn(-c3ccc(S(N)(=O)=O)cc3)c(=O)c2c1-c1ccc(Cl)cc1. The number of esters is 1. The highest BCUT2D eigenvalue weighted by Crippen LogP contribution is 2.33. The molecule has 0 amide bonds. The summed E-state index contributed by atoms with van der Waals surface area (Å²) in [7, 11) is -2.62. The minimum Gasteiger partial charge on any atom is -0.465 e. The van der Waals surface area contributed by atoms with Crippen LogP contribution in [0.15, 0.2) is 70.5 Å². The van der Waals surface area contributed by atoms with Crippen LogP contribution in [-0.2, 0) is 14.8 Å². The fourth-order valence-corrected chi connectivity index (χ4v) is 4.30. The molecule has 2 aromatic carbocycles. The molecule has 0 atom stereocenters. The van der Waals surface area contributed by atoms with Crippen LogP contribution in [0.3, 0.4) is 0 Å². The number of halogens is 1. The van der Waals surface area contributed by atoms with E-state index in [-0.39, 0.29) is 15.8 Å². The van der Waals surface area contributed by atoms with Gasteiger partial charge in [-0.15, -0.1) is 0 Å². The van der Waals surface area contributed by atoms with Crippen molar-refractivity contribution < 1.29 is 17.9 Å². The van der Waals surface area contributed by atoms with Crippen LogP contribution in [0.5, 0.6) is 0 Å². The summed E-state index contributed by atoms with van der Waals surface area (Å²) >= 11 is 6.04. The molecule has 10 heteroatoms. The van der Waals surface area contributed by atoms with E-state index in [0.717, 1.165) is 0 Å². The van der Waals surface area contributed by atoms with Crippen LogP contribution in [0, 0.1) is 6.92 Å². The predicted molar refractivity (Wildman–Crippen MR) is 125 cm³/mol. The molecule has 2 aromatic heterocycles. The number of methoxy groups -OCH3 is 1. The minimum absolute atomic E-state index is 0.0767.